The number of hydroxylamine groups is 2. The first kappa shape index (κ1) is 30.2. The molecule has 4 rings (SSSR count). The van der Waals surface area contributed by atoms with Crippen molar-refractivity contribution in [3.63, 3.8) is 0 Å². The normalized spacial score (nSPS) is 12.1. The summed E-state index contributed by atoms with van der Waals surface area (Å²) in [6.45, 7) is 1.21. The predicted molar refractivity (Wildman–Crippen MR) is 170 cm³/mol. The summed E-state index contributed by atoms with van der Waals surface area (Å²) in [5, 5.41) is 15.5. The van der Waals surface area contributed by atoms with Gasteiger partial charge in [-0.1, -0.05) is 134 Å². The van der Waals surface area contributed by atoms with Gasteiger partial charge in [-0.05, 0) is 25.7 Å². The maximum atomic E-state index is 14.1. The Kier molecular flexibility index (Phi) is 11.6. The van der Waals surface area contributed by atoms with Gasteiger partial charge in [0.1, 0.15) is 14.3 Å². The van der Waals surface area contributed by atoms with Crippen molar-refractivity contribution in [2.24, 2.45) is 0 Å². The van der Waals surface area contributed by atoms with Gasteiger partial charge in [-0.2, -0.15) is 5.06 Å². The molecule has 0 heterocycles. The Morgan fingerprint density at radius 1 is 0.425 bits per heavy atom. The van der Waals surface area contributed by atoms with Crippen molar-refractivity contribution in [3.05, 3.63) is 121 Å². The summed E-state index contributed by atoms with van der Waals surface area (Å²) in [4.78, 5) is 0. The maximum Gasteiger partial charge on any atom is 0.143 e. The molecule has 0 amide bonds. The van der Waals surface area contributed by atoms with Crippen LogP contribution in [0.25, 0.3) is 0 Å². The average Bonchev–Trinajstić information content (AvgIpc) is 3.02. The third-order valence-corrected chi connectivity index (χ3v) is 13.9. The fourth-order valence-corrected chi connectivity index (χ4v) is 10.8. The van der Waals surface area contributed by atoms with Crippen LogP contribution in [0, 0.1) is 0 Å². The highest BCUT2D eigenvalue weighted by atomic mass is 31.2. The van der Waals surface area contributed by atoms with Crippen LogP contribution in [0.5, 0.6) is 0 Å². The Balaban J connectivity index is 1.18. The summed E-state index contributed by atoms with van der Waals surface area (Å²) in [6.07, 6.45) is 6.52. The van der Waals surface area contributed by atoms with Gasteiger partial charge >= 0.3 is 0 Å². The lowest BCUT2D eigenvalue weighted by Gasteiger charge is -2.20. The largest absolute Gasteiger partial charge is 0.314 e. The van der Waals surface area contributed by atoms with Gasteiger partial charge in [0.15, 0.2) is 0 Å². The third kappa shape index (κ3) is 8.15. The van der Waals surface area contributed by atoms with Crippen molar-refractivity contribution < 1.29 is 14.3 Å². The summed E-state index contributed by atoms with van der Waals surface area (Å²) >= 11 is 0. The zero-order chi connectivity index (χ0) is 28.1. The zero-order valence-corrected chi connectivity index (χ0v) is 25.0. The van der Waals surface area contributed by atoms with E-state index in [2.05, 4.69) is 0 Å². The number of rotatable bonds is 16. The molecule has 1 N–H and O–H groups in total. The first-order valence-corrected chi connectivity index (χ1v) is 18.2. The SMILES string of the molecule is O=P(CCCCCN(O)CCCCCP(=O)(c1ccccc1)c1ccccc1)(c1ccccc1)c1ccccc1. The summed E-state index contributed by atoms with van der Waals surface area (Å²) < 4.78 is 28.2. The summed E-state index contributed by atoms with van der Waals surface area (Å²) in [5.74, 6) is 0. The molecule has 0 spiro atoms. The molecule has 0 aliphatic carbocycles. The Hall–Kier alpha value is -2.74. The van der Waals surface area contributed by atoms with Crippen molar-refractivity contribution in [1.82, 2.24) is 5.06 Å². The molecule has 0 aromatic heterocycles. The molecule has 210 valence electrons. The average molecular weight is 574 g/mol. The number of hydrogen-bond acceptors (Lipinski definition) is 4. The molecule has 0 radical (unpaired) electrons. The monoisotopic (exact) mass is 573 g/mol. The Bertz CT molecular complexity index is 1170. The van der Waals surface area contributed by atoms with Crippen LogP contribution in [-0.2, 0) is 9.13 Å². The van der Waals surface area contributed by atoms with E-state index in [4.69, 9.17) is 0 Å². The smallest absolute Gasteiger partial charge is 0.143 e. The standard InChI is InChI=1S/C34H41NO3P2/c36-35(27-15-5-17-29-39(37,31-19-7-1-8-20-31)32-21-9-2-10-22-32)28-16-6-18-30-40(38,33-23-11-3-12-24-33)34-25-13-4-14-26-34/h1-4,7-14,19-26,36H,5-6,15-18,27-30H2. The number of hydrogen-bond donors (Lipinski definition) is 1. The van der Waals surface area contributed by atoms with Gasteiger partial charge in [-0.25, -0.2) is 0 Å². The molecule has 4 aromatic carbocycles. The van der Waals surface area contributed by atoms with E-state index in [1.54, 1.807) is 0 Å². The van der Waals surface area contributed by atoms with Crippen LogP contribution in [0.4, 0.5) is 0 Å². The van der Waals surface area contributed by atoms with Crippen LogP contribution in [0.1, 0.15) is 38.5 Å². The lowest BCUT2D eigenvalue weighted by molar-refractivity contribution is -0.0923. The quantitative estimate of drug-likeness (QED) is 0.0887. The van der Waals surface area contributed by atoms with Crippen LogP contribution in [0.2, 0.25) is 0 Å². The molecule has 4 nitrogen and oxygen atoms in total. The molecular weight excluding hydrogens is 532 g/mol. The van der Waals surface area contributed by atoms with E-state index >= 15 is 0 Å². The van der Waals surface area contributed by atoms with E-state index in [-0.39, 0.29) is 0 Å². The fraction of sp³-hybridized carbons (Fsp3) is 0.294. The number of nitrogens with zero attached hydrogens (tertiary/aromatic N) is 1. The van der Waals surface area contributed by atoms with Gasteiger partial charge < -0.3 is 14.3 Å². The van der Waals surface area contributed by atoms with Gasteiger partial charge in [0, 0.05) is 46.6 Å². The molecule has 40 heavy (non-hydrogen) atoms. The molecule has 0 bridgehead atoms. The van der Waals surface area contributed by atoms with E-state index in [1.165, 1.54) is 5.06 Å². The van der Waals surface area contributed by atoms with Gasteiger partial charge in [0.25, 0.3) is 0 Å². The van der Waals surface area contributed by atoms with Crippen LogP contribution in [0.15, 0.2) is 121 Å². The second-order valence-corrected chi connectivity index (χ2v) is 16.3. The van der Waals surface area contributed by atoms with E-state index in [0.29, 0.717) is 25.4 Å². The summed E-state index contributed by atoms with van der Waals surface area (Å²) in [7, 11) is -5.34. The van der Waals surface area contributed by atoms with Crippen molar-refractivity contribution in [1.29, 1.82) is 0 Å². The van der Waals surface area contributed by atoms with Gasteiger partial charge in [0.2, 0.25) is 0 Å². The predicted octanol–water partition coefficient (Wildman–Crippen LogP) is 7.05. The van der Waals surface area contributed by atoms with Crippen molar-refractivity contribution in [2.75, 3.05) is 25.4 Å². The van der Waals surface area contributed by atoms with Crippen LogP contribution in [0.3, 0.4) is 0 Å². The summed E-state index contributed by atoms with van der Waals surface area (Å²) in [6, 6.07) is 39.3. The minimum absolute atomic E-state index is 0.605. The highest BCUT2D eigenvalue weighted by Crippen LogP contribution is 2.45. The van der Waals surface area contributed by atoms with Gasteiger partial charge in [-0.3, -0.25) is 0 Å². The molecule has 0 saturated carbocycles. The van der Waals surface area contributed by atoms with E-state index < -0.39 is 14.3 Å². The molecule has 0 aliphatic rings. The molecule has 6 heteroatoms. The molecule has 0 fully saturated rings. The first-order chi connectivity index (χ1) is 19.5. The first-order valence-electron chi connectivity index (χ1n) is 14.4. The van der Waals surface area contributed by atoms with Crippen LogP contribution >= 0.6 is 14.3 Å². The van der Waals surface area contributed by atoms with Crippen molar-refractivity contribution in [3.8, 4) is 0 Å². The molecule has 0 unspecified atom stereocenters. The van der Waals surface area contributed by atoms with E-state index in [0.717, 1.165) is 59.7 Å². The second-order valence-electron chi connectivity index (χ2n) is 10.3. The molecule has 0 aliphatic heterocycles. The van der Waals surface area contributed by atoms with E-state index in [9.17, 15) is 14.3 Å². The third-order valence-electron chi connectivity index (χ3n) is 7.47. The fourth-order valence-electron chi connectivity index (χ4n) is 5.21. The molecule has 4 aromatic rings. The highest BCUT2D eigenvalue weighted by Gasteiger charge is 2.27. The van der Waals surface area contributed by atoms with Gasteiger partial charge in [0.05, 0.1) is 0 Å². The van der Waals surface area contributed by atoms with Crippen molar-refractivity contribution in [2.45, 2.75) is 38.5 Å². The summed E-state index contributed by atoms with van der Waals surface area (Å²) in [5.41, 5.74) is 0. The molecular formula is C34H41NO3P2. The second kappa shape index (κ2) is 15.3. The number of benzene rings is 4. The Labute approximate surface area is 239 Å². The van der Waals surface area contributed by atoms with Crippen LogP contribution in [-0.4, -0.2) is 35.7 Å². The molecule has 0 saturated heterocycles. The van der Waals surface area contributed by atoms with Crippen molar-refractivity contribution >= 4 is 35.5 Å². The Morgan fingerprint density at radius 2 is 0.700 bits per heavy atom. The van der Waals surface area contributed by atoms with E-state index in [1.807, 2.05) is 121 Å². The Morgan fingerprint density at radius 3 is 0.975 bits per heavy atom. The van der Waals surface area contributed by atoms with Gasteiger partial charge in [-0.15, -0.1) is 0 Å². The molecule has 0 atom stereocenters. The topological polar surface area (TPSA) is 57.6 Å². The highest BCUT2D eigenvalue weighted by molar-refractivity contribution is 7.79. The number of unbranched alkanes of at least 4 members (excludes halogenated alkanes) is 4. The minimum Gasteiger partial charge on any atom is -0.314 e. The minimum atomic E-state index is -2.67. The lowest BCUT2D eigenvalue weighted by atomic mass is 10.2. The zero-order valence-electron chi connectivity index (χ0n) is 23.2. The lowest BCUT2D eigenvalue weighted by Crippen LogP contribution is -2.22. The maximum absolute atomic E-state index is 14.1. The van der Waals surface area contributed by atoms with Crippen LogP contribution < -0.4 is 21.2 Å².